The molecule has 0 aliphatic heterocycles. The van der Waals surface area contributed by atoms with E-state index in [2.05, 4.69) is 31.8 Å². The monoisotopic (exact) mass is 179 g/mol. The van der Waals surface area contributed by atoms with Crippen LogP contribution in [0.3, 0.4) is 0 Å². The van der Waals surface area contributed by atoms with E-state index in [-0.39, 0.29) is 0 Å². The van der Waals surface area contributed by atoms with E-state index in [1.54, 1.807) is 0 Å². The lowest BCUT2D eigenvalue weighted by molar-refractivity contribution is 0.852. The van der Waals surface area contributed by atoms with Gasteiger partial charge in [0.2, 0.25) is 0 Å². The van der Waals surface area contributed by atoms with Gasteiger partial charge < -0.3 is 0 Å². The van der Waals surface area contributed by atoms with Crippen molar-refractivity contribution >= 4 is 0 Å². The summed E-state index contributed by atoms with van der Waals surface area (Å²) < 4.78 is 0. The van der Waals surface area contributed by atoms with Crippen molar-refractivity contribution in [2.45, 2.75) is 47.5 Å². The zero-order valence-corrected chi connectivity index (χ0v) is 9.68. The minimum absolute atomic E-state index is 0.585. The standard InChI is InChI=1S/C10H15N.C2H6/c1-7(2)10-5-8(3)9(4)11-6-10;1-2/h5-7H,1-4H3;1-2H3. The van der Waals surface area contributed by atoms with Crippen LogP contribution in [0.2, 0.25) is 0 Å². The Labute approximate surface area is 82.2 Å². The largest absolute Gasteiger partial charge is 0.261 e. The van der Waals surface area contributed by atoms with E-state index >= 15 is 0 Å². The van der Waals surface area contributed by atoms with Crippen LogP contribution in [-0.2, 0) is 0 Å². The smallest absolute Gasteiger partial charge is 0.0401 e. The molecule has 0 aromatic carbocycles. The van der Waals surface area contributed by atoms with Crippen molar-refractivity contribution in [3.05, 3.63) is 29.1 Å². The van der Waals surface area contributed by atoms with Crippen LogP contribution in [0.5, 0.6) is 0 Å². The van der Waals surface area contributed by atoms with Gasteiger partial charge in [-0.15, -0.1) is 0 Å². The van der Waals surface area contributed by atoms with Gasteiger partial charge in [-0.3, -0.25) is 4.98 Å². The van der Waals surface area contributed by atoms with Crippen molar-refractivity contribution in [3.63, 3.8) is 0 Å². The van der Waals surface area contributed by atoms with Gasteiger partial charge in [0.05, 0.1) is 0 Å². The maximum absolute atomic E-state index is 4.30. The van der Waals surface area contributed by atoms with E-state index in [4.69, 9.17) is 0 Å². The Balaban J connectivity index is 0.000000671. The molecule has 13 heavy (non-hydrogen) atoms. The van der Waals surface area contributed by atoms with E-state index in [9.17, 15) is 0 Å². The molecule has 0 radical (unpaired) electrons. The molecule has 0 amide bonds. The summed E-state index contributed by atoms with van der Waals surface area (Å²) in [6.45, 7) is 12.5. The average Bonchev–Trinajstić information content (AvgIpc) is 2.13. The first-order chi connectivity index (χ1) is 6.11. The van der Waals surface area contributed by atoms with Gasteiger partial charge in [0.15, 0.2) is 0 Å². The SMILES string of the molecule is CC.Cc1cc(C(C)C)cnc1C. The molecule has 1 heterocycles. The van der Waals surface area contributed by atoms with E-state index in [0.29, 0.717) is 5.92 Å². The molecular weight excluding hydrogens is 158 g/mol. The highest BCUT2D eigenvalue weighted by molar-refractivity contribution is 5.24. The molecule has 0 atom stereocenters. The van der Waals surface area contributed by atoms with Crippen LogP contribution in [-0.4, -0.2) is 4.98 Å². The maximum atomic E-state index is 4.30. The summed E-state index contributed by atoms with van der Waals surface area (Å²) in [5.74, 6) is 0.585. The topological polar surface area (TPSA) is 12.9 Å². The third kappa shape index (κ3) is 3.58. The van der Waals surface area contributed by atoms with Gasteiger partial charge in [-0.25, -0.2) is 0 Å². The van der Waals surface area contributed by atoms with Crippen molar-refractivity contribution in [1.82, 2.24) is 4.98 Å². The normalized spacial score (nSPS) is 9.46. The molecule has 0 aliphatic carbocycles. The molecule has 0 fully saturated rings. The van der Waals surface area contributed by atoms with Gasteiger partial charge in [0, 0.05) is 11.9 Å². The summed E-state index contributed by atoms with van der Waals surface area (Å²) in [4.78, 5) is 4.30. The highest BCUT2D eigenvalue weighted by Gasteiger charge is 2.00. The molecule has 1 aromatic rings. The highest BCUT2D eigenvalue weighted by atomic mass is 14.7. The molecular formula is C12H21N. The Kier molecular flexibility index (Phi) is 5.36. The van der Waals surface area contributed by atoms with Crippen molar-refractivity contribution in [1.29, 1.82) is 0 Å². The molecule has 74 valence electrons. The Morgan fingerprint density at radius 3 is 2.08 bits per heavy atom. The first kappa shape index (κ1) is 12.2. The van der Waals surface area contributed by atoms with Gasteiger partial charge in [0.1, 0.15) is 0 Å². The molecule has 0 aliphatic rings. The second-order valence-corrected chi connectivity index (χ2v) is 3.33. The molecule has 0 N–H and O–H groups in total. The van der Waals surface area contributed by atoms with Crippen molar-refractivity contribution in [3.8, 4) is 0 Å². The van der Waals surface area contributed by atoms with Crippen LogP contribution in [0.15, 0.2) is 12.3 Å². The number of hydrogen-bond acceptors (Lipinski definition) is 1. The predicted octanol–water partition coefficient (Wildman–Crippen LogP) is 3.85. The quantitative estimate of drug-likeness (QED) is 0.638. The zero-order valence-electron chi connectivity index (χ0n) is 9.68. The van der Waals surface area contributed by atoms with Gasteiger partial charge >= 0.3 is 0 Å². The minimum atomic E-state index is 0.585. The molecule has 0 spiro atoms. The van der Waals surface area contributed by atoms with Crippen molar-refractivity contribution in [2.24, 2.45) is 0 Å². The lowest BCUT2D eigenvalue weighted by Crippen LogP contribution is -1.93. The second-order valence-electron chi connectivity index (χ2n) is 3.33. The van der Waals surface area contributed by atoms with Crippen LogP contribution in [0.1, 0.15) is 50.4 Å². The van der Waals surface area contributed by atoms with Crippen LogP contribution >= 0.6 is 0 Å². The van der Waals surface area contributed by atoms with Crippen LogP contribution in [0.25, 0.3) is 0 Å². The lowest BCUT2D eigenvalue weighted by atomic mass is 10.0. The van der Waals surface area contributed by atoms with E-state index in [1.165, 1.54) is 11.1 Å². The third-order valence-corrected chi connectivity index (χ3v) is 2.03. The fraction of sp³-hybridized carbons (Fsp3) is 0.583. The molecule has 0 saturated carbocycles. The zero-order chi connectivity index (χ0) is 10.4. The Morgan fingerprint density at radius 1 is 1.15 bits per heavy atom. The summed E-state index contributed by atoms with van der Waals surface area (Å²) in [7, 11) is 0. The number of aryl methyl sites for hydroxylation is 2. The van der Waals surface area contributed by atoms with Gasteiger partial charge in [0.25, 0.3) is 0 Å². The summed E-state index contributed by atoms with van der Waals surface area (Å²) in [5.41, 5.74) is 3.75. The summed E-state index contributed by atoms with van der Waals surface area (Å²) in [5, 5.41) is 0. The maximum Gasteiger partial charge on any atom is 0.0401 e. The van der Waals surface area contributed by atoms with Gasteiger partial charge in [-0.05, 0) is 30.9 Å². The summed E-state index contributed by atoms with van der Waals surface area (Å²) in [6, 6.07) is 2.22. The van der Waals surface area contributed by atoms with E-state index < -0.39 is 0 Å². The minimum Gasteiger partial charge on any atom is -0.261 e. The summed E-state index contributed by atoms with van der Waals surface area (Å²) >= 11 is 0. The Hall–Kier alpha value is -0.850. The Bertz CT molecular complexity index is 251. The predicted molar refractivity (Wildman–Crippen MR) is 59.1 cm³/mol. The number of aromatic nitrogens is 1. The van der Waals surface area contributed by atoms with Crippen LogP contribution in [0.4, 0.5) is 0 Å². The molecule has 1 nitrogen and oxygen atoms in total. The number of hydrogen-bond donors (Lipinski definition) is 0. The number of pyridine rings is 1. The first-order valence-electron chi connectivity index (χ1n) is 5.04. The van der Waals surface area contributed by atoms with Gasteiger partial charge in [-0.1, -0.05) is 33.8 Å². The van der Waals surface area contributed by atoms with E-state index in [0.717, 1.165) is 5.69 Å². The molecule has 1 heteroatoms. The molecule has 1 rings (SSSR count). The molecule has 0 saturated heterocycles. The highest BCUT2D eigenvalue weighted by Crippen LogP contribution is 2.15. The van der Waals surface area contributed by atoms with Gasteiger partial charge in [-0.2, -0.15) is 0 Å². The second kappa shape index (κ2) is 5.74. The van der Waals surface area contributed by atoms with Crippen LogP contribution in [0, 0.1) is 13.8 Å². The fourth-order valence-corrected chi connectivity index (χ4v) is 0.981. The third-order valence-electron chi connectivity index (χ3n) is 2.03. The average molecular weight is 179 g/mol. The van der Waals surface area contributed by atoms with Crippen LogP contribution < -0.4 is 0 Å². The number of nitrogens with zero attached hydrogens (tertiary/aromatic N) is 1. The van der Waals surface area contributed by atoms with E-state index in [1.807, 2.05) is 27.0 Å². The first-order valence-corrected chi connectivity index (χ1v) is 5.04. The summed E-state index contributed by atoms with van der Waals surface area (Å²) in [6.07, 6.45) is 1.97. The van der Waals surface area contributed by atoms with Crippen molar-refractivity contribution in [2.75, 3.05) is 0 Å². The molecule has 1 aromatic heterocycles. The Morgan fingerprint density at radius 2 is 1.69 bits per heavy atom. The number of rotatable bonds is 1. The molecule has 0 unspecified atom stereocenters. The fourth-order valence-electron chi connectivity index (χ4n) is 0.981. The molecule has 0 bridgehead atoms. The lowest BCUT2D eigenvalue weighted by Gasteiger charge is -2.06. The van der Waals surface area contributed by atoms with Crippen molar-refractivity contribution < 1.29 is 0 Å².